The van der Waals surface area contributed by atoms with Crippen LogP contribution in [0.5, 0.6) is 0 Å². The Morgan fingerprint density at radius 3 is 1.62 bits per heavy atom. The predicted octanol–water partition coefficient (Wildman–Crippen LogP) is 7.44. The van der Waals surface area contributed by atoms with E-state index in [9.17, 15) is 15.8 Å². The average molecular weight is 653 g/mol. The summed E-state index contributed by atoms with van der Waals surface area (Å²) in [5.74, 6) is 0. The van der Waals surface area contributed by atoms with Crippen LogP contribution in [0.25, 0.3) is 38.6 Å². The zero-order valence-corrected chi connectivity index (χ0v) is 28.0. The fourth-order valence-corrected chi connectivity index (χ4v) is 12.5. The Kier molecular flexibility index (Phi) is 7.63. The van der Waals surface area contributed by atoms with Crippen LogP contribution >= 0.6 is 0 Å². The van der Waals surface area contributed by atoms with Crippen LogP contribution in [0.1, 0.15) is 16.7 Å². The molecule has 0 saturated carbocycles. The lowest BCUT2D eigenvalue weighted by Gasteiger charge is -2.35. The van der Waals surface area contributed by atoms with Crippen LogP contribution < -0.4 is 20.7 Å². The number of hydrogen-bond donors (Lipinski definition) is 0. The number of para-hydroxylation sites is 2. The molecule has 0 amide bonds. The van der Waals surface area contributed by atoms with Crippen LogP contribution in [0.15, 0.2) is 170 Å². The Hall–Kier alpha value is -6.97. The second kappa shape index (κ2) is 12.6. The van der Waals surface area contributed by atoms with Gasteiger partial charge in [0.05, 0.1) is 45.5 Å². The molecule has 0 saturated heterocycles. The fourth-order valence-electron chi connectivity index (χ4n) is 7.54. The van der Waals surface area contributed by atoms with Gasteiger partial charge in [0.1, 0.15) is 6.07 Å². The summed E-state index contributed by atoms with van der Waals surface area (Å²) in [7, 11) is -3.06. The summed E-state index contributed by atoms with van der Waals surface area (Å²) in [5, 5.41) is 37.5. The molecule has 0 radical (unpaired) electrons. The molecule has 0 aliphatic heterocycles. The monoisotopic (exact) mass is 652 g/mol. The lowest BCUT2D eigenvalue weighted by Crippen LogP contribution is -2.75. The molecule has 0 unspecified atom stereocenters. The maximum Gasteiger partial charge on any atom is 0.180 e. The molecule has 0 atom stereocenters. The van der Waals surface area contributed by atoms with E-state index < -0.39 is 8.07 Å². The first-order valence-corrected chi connectivity index (χ1v) is 18.4. The molecule has 8 aromatic rings. The highest BCUT2D eigenvalue weighted by Crippen LogP contribution is 2.38. The molecule has 232 valence electrons. The summed E-state index contributed by atoms with van der Waals surface area (Å²) in [6, 6.07) is 64.8. The summed E-state index contributed by atoms with van der Waals surface area (Å²) < 4.78 is 2.15. The predicted molar refractivity (Wildman–Crippen MR) is 204 cm³/mol. The molecule has 0 N–H and O–H groups in total. The first-order valence-electron chi connectivity index (χ1n) is 16.4. The molecular formula is C45H28N4Si. The van der Waals surface area contributed by atoms with Crippen molar-refractivity contribution in [3.05, 3.63) is 187 Å². The molecule has 8 rings (SSSR count). The minimum absolute atomic E-state index is 0.526. The van der Waals surface area contributed by atoms with Crippen molar-refractivity contribution in [2.45, 2.75) is 0 Å². The number of nitriles is 3. The molecular weight excluding hydrogens is 625 g/mol. The van der Waals surface area contributed by atoms with Gasteiger partial charge in [-0.25, -0.2) is 0 Å². The smallest absolute Gasteiger partial charge is 0.180 e. The van der Waals surface area contributed by atoms with Crippen molar-refractivity contribution in [2.75, 3.05) is 0 Å². The largest absolute Gasteiger partial charge is 0.307 e. The minimum atomic E-state index is -3.06. The number of benzene rings is 7. The van der Waals surface area contributed by atoms with Crippen molar-refractivity contribution in [3.8, 4) is 35.0 Å². The van der Waals surface area contributed by atoms with Gasteiger partial charge >= 0.3 is 0 Å². The molecule has 50 heavy (non-hydrogen) atoms. The van der Waals surface area contributed by atoms with Gasteiger partial charge in [-0.15, -0.1) is 0 Å². The van der Waals surface area contributed by atoms with Crippen molar-refractivity contribution in [1.29, 1.82) is 15.8 Å². The zero-order chi connectivity index (χ0) is 34.1. The SMILES string of the molecule is N#Cc1ccc2c(c1)c1ccccc1n2-c1c(C#N)cccc1-c1ccc(C#N)c([Si](c2ccccc2)(c2ccccc2)c2ccccc2)c1. The standard InChI is InChI=1S/C45H28N4Si/c46-29-32-23-26-43-41(27-32)40-20-10-11-22-42(40)49(43)45-35(31-48)13-12-21-39(45)33-24-25-34(30-47)44(28-33)50(36-14-4-1-5-15-36,37-16-6-2-7-17-37)38-18-8-3-9-19-38/h1-28H. The number of fused-ring (bicyclic) bond motifs is 3. The van der Waals surface area contributed by atoms with Crippen LogP contribution in [0.2, 0.25) is 0 Å². The van der Waals surface area contributed by atoms with E-state index in [1.807, 2.05) is 72.8 Å². The van der Waals surface area contributed by atoms with Crippen LogP contribution in [0.4, 0.5) is 0 Å². The van der Waals surface area contributed by atoms with Crippen LogP contribution in [0, 0.1) is 34.0 Å². The highest BCUT2D eigenvalue weighted by Gasteiger charge is 2.43. The lowest BCUT2D eigenvalue weighted by atomic mass is 9.98. The van der Waals surface area contributed by atoms with E-state index in [-0.39, 0.29) is 0 Å². The lowest BCUT2D eigenvalue weighted by molar-refractivity contribution is 1.17. The summed E-state index contributed by atoms with van der Waals surface area (Å²) in [6.07, 6.45) is 0. The second-order valence-electron chi connectivity index (χ2n) is 12.2. The van der Waals surface area contributed by atoms with Gasteiger partial charge in [-0.3, -0.25) is 0 Å². The van der Waals surface area contributed by atoms with Crippen molar-refractivity contribution >= 4 is 50.6 Å². The van der Waals surface area contributed by atoms with E-state index in [4.69, 9.17) is 0 Å². The van der Waals surface area contributed by atoms with Gasteiger partial charge in [-0.2, -0.15) is 15.8 Å². The van der Waals surface area contributed by atoms with Crippen LogP contribution in [0.3, 0.4) is 0 Å². The maximum atomic E-state index is 10.8. The van der Waals surface area contributed by atoms with Crippen molar-refractivity contribution in [1.82, 2.24) is 4.57 Å². The minimum Gasteiger partial charge on any atom is -0.307 e. The topological polar surface area (TPSA) is 76.3 Å². The van der Waals surface area contributed by atoms with E-state index in [1.165, 1.54) is 15.6 Å². The van der Waals surface area contributed by atoms with E-state index in [1.54, 1.807) is 0 Å². The van der Waals surface area contributed by atoms with E-state index in [0.717, 1.165) is 43.8 Å². The van der Waals surface area contributed by atoms with Gasteiger partial charge in [0.2, 0.25) is 0 Å². The highest BCUT2D eigenvalue weighted by atomic mass is 28.3. The Balaban J connectivity index is 1.49. The van der Waals surface area contributed by atoms with Gasteiger partial charge in [-0.1, -0.05) is 133 Å². The average Bonchev–Trinajstić information content (AvgIpc) is 3.52. The van der Waals surface area contributed by atoms with E-state index >= 15 is 0 Å². The van der Waals surface area contributed by atoms with Gasteiger partial charge in [0.15, 0.2) is 8.07 Å². The van der Waals surface area contributed by atoms with Crippen molar-refractivity contribution in [3.63, 3.8) is 0 Å². The number of rotatable bonds is 6. The third-order valence-electron chi connectivity index (χ3n) is 9.66. The highest BCUT2D eigenvalue weighted by molar-refractivity contribution is 7.20. The van der Waals surface area contributed by atoms with Crippen molar-refractivity contribution < 1.29 is 0 Å². The Morgan fingerprint density at radius 1 is 0.440 bits per heavy atom. The Morgan fingerprint density at radius 2 is 1.02 bits per heavy atom. The molecule has 0 aliphatic rings. The van der Waals surface area contributed by atoms with E-state index in [0.29, 0.717) is 16.7 Å². The molecule has 0 fully saturated rings. The molecule has 1 aromatic heterocycles. The van der Waals surface area contributed by atoms with Gasteiger partial charge in [0.25, 0.3) is 0 Å². The fraction of sp³-hybridized carbons (Fsp3) is 0. The van der Waals surface area contributed by atoms with Gasteiger partial charge in [0, 0.05) is 16.3 Å². The summed E-state index contributed by atoms with van der Waals surface area (Å²) in [5.41, 5.74) is 6.11. The number of hydrogen-bond acceptors (Lipinski definition) is 3. The zero-order valence-electron chi connectivity index (χ0n) is 27.0. The first-order chi connectivity index (χ1) is 24.7. The third kappa shape index (κ3) is 4.72. The normalized spacial score (nSPS) is 11.1. The molecule has 5 heteroatoms. The molecule has 0 aliphatic carbocycles. The van der Waals surface area contributed by atoms with Crippen molar-refractivity contribution in [2.24, 2.45) is 0 Å². The Labute approximate surface area is 291 Å². The summed E-state index contributed by atoms with van der Waals surface area (Å²) in [6.45, 7) is 0. The quantitative estimate of drug-likeness (QED) is 0.138. The van der Waals surface area contributed by atoms with Crippen LogP contribution in [-0.4, -0.2) is 12.6 Å². The number of nitrogens with zero attached hydrogens (tertiary/aromatic N) is 4. The summed E-state index contributed by atoms with van der Waals surface area (Å²) in [4.78, 5) is 0. The van der Waals surface area contributed by atoms with Gasteiger partial charge < -0.3 is 4.57 Å². The summed E-state index contributed by atoms with van der Waals surface area (Å²) >= 11 is 0. The molecule has 0 spiro atoms. The van der Waals surface area contributed by atoms with Crippen LogP contribution in [-0.2, 0) is 0 Å². The third-order valence-corrected chi connectivity index (χ3v) is 14.5. The molecule has 7 aromatic carbocycles. The Bertz CT molecular complexity index is 2580. The molecule has 0 bridgehead atoms. The first kappa shape index (κ1) is 30.4. The molecule has 4 nitrogen and oxygen atoms in total. The molecule has 1 heterocycles. The second-order valence-corrected chi connectivity index (χ2v) is 16.0. The van der Waals surface area contributed by atoms with Gasteiger partial charge in [-0.05, 0) is 62.7 Å². The maximum absolute atomic E-state index is 10.8. The van der Waals surface area contributed by atoms with E-state index in [2.05, 4.69) is 120 Å². The number of aromatic nitrogens is 1.